The molecule has 2 saturated heterocycles. The van der Waals surface area contributed by atoms with Crippen molar-refractivity contribution >= 4 is 103 Å². The Labute approximate surface area is 485 Å². The van der Waals surface area contributed by atoms with Gasteiger partial charge in [-0.25, -0.2) is 4.79 Å². The standard InChI is InChI=1S/C57H62N4O17S5/c1-32-23-24-37-39(28-35(80(67,68)69)30-42(37)82(73,74)75)46(32)55(3,4)33(2)18-12-9-15-21-44-56(5,6)47-40-29-36(81(70,71)72)31-43(83(76,77)78)38(40)25-26-41(47)60(44)27-17-11-16-22-45(62)58-48(34-19-13-10-14-20-34)51(63)59-49-52(64)61-50(54(65)66)57(7,8)79-53(49)61/h9-10,12-15,18-21,23-26,28-31,48-50,53H,2,11,16-17,22,27H2,1,3-8H3,(H,58,62)(H,59,63)(H,65,66)(H,67,68,69)(H,70,71,72)(H,73,74,75)(H,76,77,78)/b15-9+,18-12+,44-21+/t48?,49-,50+,53-/m1/s1. The van der Waals surface area contributed by atoms with Crippen LogP contribution in [0.1, 0.15) is 95.5 Å². The first-order valence-corrected chi connectivity index (χ1v) is 32.5. The van der Waals surface area contributed by atoms with Gasteiger partial charge in [0.15, 0.2) is 0 Å². The Morgan fingerprint density at radius 2 is 1.33 bits per heavy atom. The molecular formula is C57H62N4O17S5. The van der Waals surface area contributed by atoms with Gasteiger partial charge in [0.1, 0.15) is 33.3 Å². The maximum atomic E-state index is 13.9. The molecule has 442 valence electrons. The van der Waals surface area contributed by atoms with Crippen molar-refractivity contribution in [2.45, 2.75) is 133 Å². The van der Waals surface area contributed by atoms with E-state index in [2.05, 4.69) is 17.2 Å². The summed E-state index contributed by atoms with van der Waals surface area (Å²) in [4.78, 5) is 53.1. The molecule has 5 aromatic rings. The first-order chi connectivity index (χ1) is 38.4. The lowest BCUT2D eigenvalue weighted by Crippen LogP contribution is -2.71. The van der Waals surface area contributed by atoms with E-state index in [4.69, 9.17) is 0 Å². The van der Waals surface area contributed by atoms with Gasteiger partial charge >= 0.3 is 5.97 Å². The largest absolute Gasteiger partial charge is 0.480 e. The molecule has 2 fully saturated rings. The van der Waals surface area contributed by atoms with Gasteiger partial charge in [0.05, 0.1) is 9.79 Å². The molecule has 0 saturated carbocycles. The summed E-state index contributed by atoms with van der Waals surface area (Å²) in [7, 11) is -20.0. The van der Waals surface area contributed by atoms with Gasteiger partial charge in [-0.1, -0.05) is 114 Å². The summed E-state index contributed by atoms with van der Waals surface area (Å²) in [5, 5.41) is 15.0. The van der Waals surface area contributed by atoms with Crippen molar-refractivity contribution in [2.24, 2.45) is 0 Å². The number of benzene rings is 5. The van der Waals surface area contributed by atoms with Crippen LogP contribution in [0.2, 0.25) is 0 Å². The average molecular weight is 1240 g/mol. The number of carboxylic acid groups (broad SMARTS) is 1. The quantitative estimate of drug-likeness (QED) is 0.0168. The number of fused-ring (bicyclic) bond motifs is 5. The van der Waals surface area contributed by atoms with Crippen molar-refractivity contribution in [1.29, 1.82) is 0 Å². The van der Waals surface area contributed by atoms with Gasteiger partial charge in [0, 0.05) is 50.7 Å². The number of aryl methyl sites for hydroxylation is 1. The van der Waals surface area contributed by atoms with Gasteiger partial charge in [-0.15, -0.1) is 11.8 Å². The highest BCUT2D eigenvalue weighted by Crippen LogP contribution is 2.53. The molecule has 0 aromatic heterocycles. The molecule has 8 rings (SSSR count). The third-order valence-electron chi connectivity index (χ3n) is 15.5. The van der Waals surface area contributed by atoms with Crippen molar-refractivity contribution in [3.8, 4) is 0 Å². The second-order valence-electron chi connectivity index (χ2n) is 22.2. The fraction of sp³-hybridized carbons (Fsp3) is 0.333. The maximum absolute atomic E-state index is 13.9. The Morgan fingerprint density at radius 1 is 0.747 bits per heavy atom. The van der Waals surface area contributed by atoms with Gasteiger partial charge in [0.2, 0.25) is 17.7 Å². The van der Waals surface area contributed by atoms with Crippen LogP contribution in [0.15, 0.2) is 147 Å². The molecule has 21 nitrogen and oxygen atoms in total. The Hall–Kier alpha value is -6.75. The first-order valence-electron chi connectivity index (χ1n) is 25.9. The molecule has 0 radical (unpaired) electrons. The summed E-state index contributed by atoms with van der Waals surface area (Å²) in [5.41, 5.74) is 1.59. The summed E-state index contributed by atoms with van der Waals surface area (Å²) in [6.45, 7) is 16.9. The molecular weight excluding hydrogens is 1170 g/mol. The van der Waals surface area contributed by atoms with Gasteiger partial charge in [-0.2, -0.15) is 33.7 Å². The number of β-lactam (4-membered cyclic amide) rings is 1. The lowest BCUT2D eigenvalue weighted by atomic mass is 9.74. The molecule has 0 aliphatic carbocycles. The predicted octanol–water partition coefficient (Wildman–Crippen LogP) is 7.97. The molecule has 1 unspecified atom stereocenters. The molecule has 0 bridgehead atoms. The van der Waals surface area contributed by atoms with E-state index in [1.165, 1.54) is 28.8 Å². The molecule has 3 heterocycles. The monoisotopic (exact) mass is 1230 g/mol. The SMILES string of the molecule is C=C(/C=C/C=C/C=C1/N(CCCCCC(=O)NC(C(=O)N[C@@H]2C(=O)N3[C@@H]2SC(C)(C)[C@@H]3C(=O)O)c2ccccc2)c2ccc3c(S(=O)(=O)O)cc(S(=O)(=O)O)cc3c2C1(C)C)C(C)(C)c1c(C)ccc2c(S(=O)(=O)O)cc(S(=O)(=O)O)cc12. The van der Waals surface area contributed by atoms with Crippen LogP contribution in [0.25, 0.3) is 21.5 Å². The van der Waals surface area contributed by atoms with Gasteiger partial charge in [-0.3, -0.25) is 32.6 Å². The number of carbonyl (C=O) groups excluding carboxylic acids is 3. The number of carboxylic acids is 1. The highest BCUT2D eigenvalue weighted by molar-refractivity contribution is 8.01. The van der Waals surface area contributed by atoms with E-state index in [-0.39, 0.29) is 28.0 Å². The minimum Gasteiger partial charge on any atom is -0.480 e. The summed E-state index contributed by atoms with van der Waals surface area (Å²) < 4.78 is 140. The first kappa shape index (κ1) is 62.3. The zero-order valence-corrected chi connectivity index (χ0v) is 50.1. The molecule has 7 N–H and O–H groups in total. The van der Waals surface area contributed by atoms with Crippen molar-refractivity contribution in [3.05, 3.63) is 149 Å². The number of nitrogens with one attached hydrogen (secondary N) is 2. The number of nitrogens with zero attached hydrogens (tertiary/aromatic N) is 2. The second-order valence-corrected chi connectivity index (χ2v) is 29.6. The van der Waals surface area contributed by atoms with Crippen LogP contribution in [0.3, 0.4) is 0 Å². The number of thioether (sulfide) groups is 1. The highest BCUT2D eigenvalue weighted by atomic mass is 32.2. The summed E-state index contributed by atoms with van der Waals surface area (Å²) >= 11 is 1.27. The van der Waals surface area contributed by atoms with E-state index in [1.807, 2.05) is 18.7 Å². The predicted molar refractivity (Wildman–Crippen MR) is 312 cm³/mol. The number of unbranched alkanes of at least 4 members (excludes halogenated alkanes) is 2. The van der Waals surface area contributed by atoms with Crippen molar-refractivity contribution in [1.82, 2.24) is 15.5 Å². The summed E-state index contributed by atoms with van der Waals surface area (Å²) in [6, 6.07) is 14.9. The van der Waals surface area contributed by atoms with Crippen LogP contribution in [0.5, 0.6) is 0 Å². The molecule has 4 atom stereocenters. The van der Waals surface area contributed by atoms with E-state index in [0.29, 0.717) is 77.2 Å². The van der Waals surface area contributed by atoms with E-state index in [0.717, 1.165) is 12.1 Å². The molecule has 5 aromatic carbocycles. The molecule has 3 amide bonds. The van der Waals surface area contributed by atoms with E-state index in [1.54, 1.807) is 107 Å². The van der Waals surface area contributed by atoms with Gasteiger partial charge in [0.25, 0.3) is 40.5 Å². The zero-order valence-electron chi connectivity index (χ0n) is 46.0. The van der Waals surface area contributed by atoms with Crippen molar-refractivity contribution in [3.63, 3.8) is 0 Å². The maximum Gasteiger partial charge on any atom is 0.327 e. The number of aliphatic carboxylic acids is 1. The molecule has 0 spiro atoms. The lowest BCUT2D eigenvalue weighted by Gasteiger charge is -2.44. The fourth-order valence-electron chi connectivity index (χ4n) is 11.5. The Morgan fingerprint density at radius 3 is 1.90 bits per heavy atom. The lowest BCUT2D eigenvalue weighted by molar-refractivity contribution is -0.161. The van der Waals surface area contributed by atoms with Crippen molar-refractivity contribution in [2.75, 3.05) is 11.4 Å². The minimum atomic E-state index is -5.04. The topological polar surface area (TPSA) is 337 Å². The van der Waals surface area contributed by atoms with E-state index >= 15 is 0 Å². The van der Waals surface area contributed by atoms with E-state index in [9.17, 15) is 76.2 Å². The average Bonchev–Trinajstić information content (AvgIpc) is 2.70. The Bertz CT molecular complexity index is 4140. The van der Waals surface area contributed by atoms with Crippen LogP contribution in [0, 0.1) is 6.92 Å². The Balaban J connectivity index is 1.04. The molecule has 3 aliphatic heterocycles. The molecule has 3 aliphatic rings. The van der Waals surface area contributed by atoms with Crippen LogP contribution in [0.4, 0.5) is 5.69 Å². The number of anilines is 1. The number of hydrogen-bond acceptors (Lipinski definition) is 14. The minimum absolute atomic E-state index is 0.00643. The fourth-order valence-corrected chi connectivity index (χ4v) is 15.8. The van der Waals surface area contributed by atoms with E-state index < -0.39 is 123 Å². The number of carbonyl (C=O) groups is 4. The summed E-state index contributed by atoms with van der Waals surface area (Å²) in [6.07, 6.45) is 9.79. The second kappa shape index (κ2) is 22.3. The number of allylic oxidation sites excluding steroid dienone is 7. The molecule has 83 heavy (non-hydrogen) atoms. The Kier molecular flexibility index (Phi) is 16.8. The summed E-state index contributed by atoms with van der Waals surface area (Å²) in [5.74, 6) is -2.80. The third-order valence-corrected chi connectivity index (χ3v) is 20.5. The number of rotatable bonds is 20. The van der Waals surface area contributed by atoms with Gasteiger partial charge in [-0.05, 0) is 109 Å². The van der Waals surface area contributed by atoms with Crippen LogP contribution in [-0.2, 0) is 70.5 Å². The normalized spacial score (nSPS) is 19.8. The highest BCUT2D eigenvalue weighted by Gasteiger charge is 2.64. The number of amides is 3. The third kappa shape index (κ3) is 12.2. The van der Waals surface area contributed by atoms with Crippen LogP contribution < -0.4 is 15.5 Å². The smallest absolute Gasteiger partial charge is 0.327 e. The van der Waals surface area contributed by atoms with Gasteiger partial charge < -0.3 is 25.5 Å². The van der Waals surface area contributed by atoms with Crippen LogP contribution in [-0.4, -0.2) is 114 Å². The zero-order chi connectivity index (χ0) is 61.3. The number of hydrogen-bond donors (Lipinski definition) is 7. The van der Waals surface area contributed by atoms with Crippen LogP contribution >= 0.6 is 11.8 Å². The molecule has 26 heteroatoms. The van der Waals surface area contributed by atoms with Crippen molar-refractivity contribution < 1.29 is 76.2 Å².